The Morgan fingerprint density at radius 3 is 1.95 bits per heavy atom. The molecule has 1 aliphatic carbocycles. The minimum atomic E-state index is -0.848. The quantitative estimate of drug-likeness (QED) is 0.272. The molecule has 38 heavy (non-hydrogen) atoms. The zero-order chi connectivity index (χ0) is 26.3. The number of alkyl carbamates (subject to hydrolysis) is 1. The largest absolute Gasteiger partial charge is 0.489 e. The summed E-state index contributed by atoms with van der Waals surface area (Å²) in [6.45, 7) is 2.33. The lowest BCUT2D eigenvalue weighted by Gasteiger charge is -2.17. The highest BCUT2D eigenvalue weighted by Crippen LogP contribution is 2.44. The second-order valence-electron chi connectivity index (χ2n) is 9.22. The van der Waals surface area contributed by atoms with Crippen LogP contribution in [-0.4, -0.2) is 24.7 Å². The molecule has 0 unspecified atom stereocenters. The van der Waals surface area contributed by atoms with E-state index < -0.39 is 18.1 Å². The maximum atomic E-state index is 12.5. The molecular weight excluding hydrogens is 478 g/mol. The van der Waals surface area contributed by atoms with Crippen molar-refractivity contribution in [1.29, 1.82) is 0 Å². The van der Waals surface area contributed by atoms with Gasteiger partial charge in [0, 0.05) is 5.92 Å². The summed E-state index contributed by atoms with van der Waals surface area (Å²) in [6, 6.07) is 32.7. The van der Waals surface area contributed by atoms with Gasteiger partial charge in [-0.05, 0) is 52.4 Å². The van der Waals surface area contributed by atoms with Crippen molar-refractivity contribution in [2.24, 2.45) is 0 Å². The first-order valence-corrected chi connectivity index (χ1v) is 12.6. The summed E-state index contributed by atoms with van der Waals surface area (Å²) in [7, 11) is 0. The molecule has 0 saturated heterocycles. The first-order valence-electron chi connectivity index (χ1n) is 12.6. The fraction of sp³-hybridized carbons (Fsp3) is 0.188. The Morgan fingerprint density at radius 2 is 1.29 bits per heavy atom. The van der Waals surface area contributed by atoms with Gasteiger partial charge in [-0.25, -0.2) is 9.59 Å². The zero-order valence-corrected chi connectivity index (χ0v) is 21.1. The number of amides is 1. The number of fused-ring (bicyclic) bond motifs is 3. The maximum Gasteiger partial charge on any atom is 0.407 e. The Kier molecular flexibility index (Phi) is 7.69. The van der Waals surface area contributed by atoms with Crippen LogP contribution in [0.25, 0.3) is 11.1 Å². The van der Waals surface area contributed by atoms with Gasteiger partial charge in [-0.3, -0.25) is 0 Å². The van der Waals surface area contributed by atoms with Gasteiger partial charge in [-0.2, -0.15) is 0 Å². The van der Waals surface area contributed by atoms with E-state index in [-0.39, 0.29) is 19.1 Å². The molecule has 0 saturated carbocycles. The topological polar surface area (TPSA) is 73.9 Å². The monoisotopic (exact) mass is 507 g/mol. The van der Waals surface area contributed by atoms with Crippen molar-refractivity contribution in [3.05, 3.63) is 125 Å². The molecule has 1 atom stereocenters. The molecule has 0 aromatic heterocycles. The van der Waals surface area contributed by atoms with Crippen LogP contribution in [0.4, 0.5) is 4.79 Å². The Labute approximate surface area is 222 Å². The molecular formula is C32H29NO5. The number of benzene rings is 4. The van der Waals surface area contributed by atoms with Gasteiger partial charge >= 0.3 is 12.1 Å². The third-order valence-electron chi connectivity index (χ3n) is 6.58. The lowest BCUT2D eigenvalue weighted by molar-refractivity contribution is -0.146. The van der Waals surface area contributed by atoms with Crippen LogP contribution in [0, 0.1) is 0 Å². The fourth-order valence-corrected chi connectivity index (χ4v) is 4.58. The average molecular weight is 508 g/mol. The molecule has 0 bridgehead atoms. The SMILES string of the molecule is C[C@@H](NC(=O)OCC1c2ccccc2-c2ccccc21)C(=O)OCc1ccc(OCc2ccccc2)cc1. The second-order valence-corrected chi connectivity index (χ2v) is 9.22. The lowest BCUT2D eigenvalue weighted by atomic mass is 9.98. The highest BCUT2D eigenvalue weighted by atomic mass is 16.6. The van der Waals surface area contributed by atoms with Gasteiger partial charge in [0.15, 0.2) is 0 Å². The average Bonchev–Trinajstić information content (AvgIpc) is 3.28. The van der Waals surface area contributed by atoms with Crippen molar-refractivity contribution in [2.45, 2.75) is 32.1 Å². The van der Waals surface area contributed by atoms with Crippen molar-refractivity contribution in [2.75, 3.05) is 6.61 Å². The second kappa shape index (κ2) is 11.6. The Balaban J connectivity index is 1.07. The Bertz CT molecular complexity index is 1360. The van der Waals surface area contributed by atoms with Crippen LogP contribution in [0.2, 0.25) is 0 Å². The number of carbonyl (C=O) groups is 2. The molecule has 0 fully saturated rings. The van der Waals surface area contributed by atoms with Crippen molar-refractivity contribution < 1.29 is 23.8 Å². The van der Waals surface area contributed by atoms with Crippen LogP contribution in [0.1, 0.15) is 35.1 Å². The predicted octanol–water partition coefficient (Wildman–Crippen LogP) is 6.24. The van der Waals surface area contributed by atoms with E-state index in [1.807, 2.05) is 78.9 Å². The van der Waals surface area contributed by atoms with Crippen molar-refractivity contribution in [3.8, 4) is 16.9 Å². The molecule has 0 aliphatic heterocycles. The van der Waals surface area contributed by atoms with Gasteiger partial charge < -0.3 is 19.5 Å². The molecule has 1 aliphatic rings. The molecule has 4 aromatic carbocycles. The molecule has 0 radical (unpaired) electrons. The molecule has 4 aromatic rings. The van der Waals surface area contributed by atoms with Gasteiger partial charge in [-0.15, -0.1) is 0 Å². The zero-order valence-electron chi connectivity index (χ0n) is 21.1. The molecule has 0 heterocycles. The number of hydrogen-bond donors (Lipinski definition) is 1. The van der Waals surface area contributed by atoms with Gasteiger partial charge in [0.1, 0.15) is 31.6 Å². The van der Waals surface area contributed by atoms with E-state index in [2.05, 4.69) is 29.6 Å². The normalized spacial score (nSPS) is 12.7. The highest BCUT2D eigenvalue weighted by Gasteiger charge is 2.29. The molecule has 192 valence electrons. The van der Waals surface area contributed by atoms with Gasteiger partial charge in [0.05, 0.1) is 0 Å². The smallest absolute Gasteiger partial charge is 0.407 e. The van der Waals surface area contributed by atoms with Crippen LogP contribution >= 0.6 is 0 Å². The molecule has 1 N–H and O–H groups in total. The standard InChI is InChI=1S/C32H29NO5/c1-22(31(34)37-20-24-15-17-25(18-16-24)36-19-23-9-3-2-4-10-23)33-32(35)38-21-30-28-13-7-5-11-26(28)27-12-6-8-14-29(27)30/h2-18,22,30H,19-21H2,1H3,(H,33,35)/t22-/m1/s1. The van der Waals surface area contributed by atoms with E-state index in [4.69, 9.17) is 14.2 Å². The number of hydrogen-bond acceptors (Lipinski definition) is 5. The fourth-order valence-electron chi connectivity index (χ4n) is 4.58. The maximum absolute atomic E-state index is 12.5. The number of ether oxygens (including phenoxy) is 3. The molecule has 5 rings (SSSR count). The summed E-state index contributed by atoms with van der Waals surface area (Å²) in [5, 5.41) is 2.57. The summed E-state index contributed by atoms with van der Waals surface area (Å²) in [5.41, 5.74) is 6.48. The van der Waals surface area contributed by atoms with E-state index >= 15 is 0 Å². The predicted molar refractivity (Wildman–Crippen MR) is 145 cm³/mol. The van der Waals surface area contributed by atoms with E-state index in [0.29, 0.717) is 6.61 Å². The first kappa shape index (κ1) is 25.1. The Morgan fingerprint density at radius 1 is 0.711 bits per heavy atom. The summed E-state index contributed by atoms with van der Waals surface area (Å²) >= 11 is 0. The van der Waals surface area contributed by atoms with E-state index in [0.717, 1.165) is 39.1 Å². The van der Waals surface area contributed by atoms with Crippen molar-refractivity contribution in [3.63, 3.8) is 0 Å². The molecule has 6 nitrogen and oxygen atoms in total. The third kappa shape index (κ3) is 5.86. The Hall–Kier alpha value is -4.58. The van der Waals surface area contributed by atoms with E-state index in [9.17, 15) is 9.59 Å². The van der Waals surface area contributed by atoms with Crippen LogP contribution in [0.5, 0.6) is 5.75 Å². The molecule has 0 spiro atoms. The summed E-state index contributed by atoms with van der Waals surface area (Å²) < 4.78 is 16.7. The van der Waals surface area contributed by atoms with Crippen molar-refractivity contribution in [1.82, 2.24) is 5.32 Å². The van der Waals surface area contributed by atoms with Crippen LogP contribution < -0.4 is 10.1 Å². The lowest BCUT2D eigenvalue weighted by Crippen LogP contribution is -2.40. The van der Waals surface area contributed by atoms with E-state index in [1.54, 1.807) is 6.92 Å². The minimum Gasteiger partial charge on any atom is -0.489 e. The van der Waals surface area contributed by atoms with Gasteiger partial charge in [-0.1, -0.05) is 91.0 Å². The summed E-state index contributed by atoms with van der Waals surface area (Å²) in [4.78, 5) is 24.9. The molecule has 1 amide bonds. The minimum absolute atomic E-state index is 0.0462. The summed E-state index contributed by atoms with van der Waals surface area (Å²) in [5.74, 6) is 0.146. The van der Waals surface area contributed by atoms with Gasteiger partial charge in [0.25, 0.3) is 0 Å². The highest BCUT2D eigenvalue weighted by molar-refractivity contribution is 5.81. The van der Waals surface area contributed by atoms with Crippen LogP contribution in [0.3, 0.4) is 0 Å². The molecule has 6 heteroatoms. The third-order valence-corrected chi connectivity index (χ3v) is 6.58. The number of carbonyl (C=O) groups excluding carboxylic acids is 2. The van der Waals surface area contributed by atoms with Crippen LogP contribution in [-0.2, 0) is 27.5 Å². The van der Waals surface area contributed by atoms with Crippen molar-refractivity contribution >= 4 is 12.1 Å². The van der Waals surface area contributed by atoms with E-state index in [1.165, 1.54) is 0 Å². The number of nitrogens with one attached hydrogen (secondary N) is 1. The number of esters is 1. The first-order chi connectivity index (χ1) is 18.6. The summed E-state index contributed by atoms with van der Waals surface area (Å²) in [6.07, 6.45) is -0.656. The number of rotatable bonds is 9. The van der Waals surface area contributed by atoms with Gasteiger partial charge in [0.2, 0.25) is 0 Å². The van der Waals surface area contributed by atoms with Crippen LogP contribution in [0.15, 0.2) is 103 Å².